The molecule has 4 aliphatic rings. The third kappa shape index (κ3) is 3.80. The standard InChI is InChI=1S/C21H30ClF2N3O3/c1-13(28)25-11-21(12-25)20(30)26(18-7-4-15(22)8-17(18)24)10-19(29)27(21)9-14-2-5-16(23)6-3-14/h14-18H,2-12H2,1H3. The molecule has 4 rings (SSSR count). The molecule has 2 saturated carbocycles. The first-order valence-electron chi connectivity index (χ1n) is 11.0. The van der Waals surface area contributed by atoms with Crippen molar-refractivity contribution in [1.82, 2.24) is 14.7 Å². The second-order valence-corrected chi connectivity index (χ2v) is 10.1. The van der Waals surface area contributed by atoms with E-state index in [-0.39, 0.29) is 55.1 Å². The number of hydrogen-bond acceptors (Lipinski definition) is 3. The van der Waals surface area contributed by atoms with E-state index in [0.717, 1.165) is 0 Å². The number of nitrogens with zero attached hydrogens (tertiary/aromatic N) is 3. The molecule has 0 bridgehead atoms. The minimum absolute atomic E-state index is 0.142. The Hall–Kier alpha value is -1.44. The summed E-state index contributed by atoms with van der Waals surface area (Å²) >= 11 is 6.08. The Morgan fingerprint density at radius 2 is 1.77 bits per heavy atom. The maximum atomic E-state index is 14.8. The van der Waals surface area contributed by atoms with Gasteiger partial charge in [0.2, 0.25) is 11.8 Å². The molecule has 3 amide bonds. The number of piperazine rings is 1. The van der Waals surface area contributed by atoms with Crippen LogP contribution in [0.15, 0.2) is 0 Å². The number of likely N-dealkylation sites (tertiary alicyclic amines) is 1. The van der Waals surface area contributed by atoms with Gasteiger partial charge in [0.15, 0.2) is 5.54 Å². The van der Waals surface area contributed by atoms with Crippen LogP contribution in [0.1, 0.15) is 51.9 Å². The second-order valence-electron chi connectivity index (χ2n) is 9.46. The van der Waals surface area contributed by atoms with Crippen molar-refractivity contribution in [2.45, 2.75) is 81.2 Å². The van der Waals surface area contributed by atoms with E-state index >= 15 is 0 Å². The smallest absolute Gasteiger partial charge is 0.253 e. The highest BCUT2D eigenvalue weighted by Gasteiger charge is 2.61. The van der Waals surface area contributed by atoms with Gasteiger partial charge in [-0.25, -0.2) is 8.78 Å². The van der Waals surface area contributed by atoms with Gasteiger partial charge in [0, 0.05) is 18.8 Å². The van der Waals surface area contributed by atoms with E-state index in [0.29, 0.717) is 45.1 Å². The van der Waals surface area contributed by atoms with Crippen molar-refractivity contribution in [2.75, 3.05) is 26.2 Å². The number of rotatable bonds is 3. The van der Waals surface area contributed by atoms with Crippen LogP contribution >= 0.6 is 11.6 Å². The molecule has 168 valence electrons. The first-order chi connectivity index (χ1) is 14.2. The fraction of sp³-hybridized carbons (Fsp3) is 0.857. The molecule has 2 saturated heterocycles. The molecular formula is C21H30ClF2N3O3. The maximum absolute atomic E-state index is 14.8. The van der Waals surface area contributed by atoms with Crippen molar-refractivity contribution < 1.29 is 23.2 Å². The molecule has 30 heavy (non-hydrogen) atoms. The van der Waals surface area contributed by atoms with Crippen LogP contribution in [-0.4, -0.2) is 87.9 Å². The van der Waals surface area contributed by atoms with Crippen molar-refractivity contribution in [1.29, 1.82) is 0 Å². The van der Waals surface area contributed by atoms with E-state index < -0.39 is 23.9 Å². The lowest BCUT2D eigenvalue weighted by molar-refractivity contribution is -0.186. The van der Waals surface area contributed by atoms with Crippen molar-refractivity contribution in [3.05, 3.63) is 0 Å². The van der Waals surface area contributed by atoms with Gasteiger partial charge in [-0.2, -0.15) is 0 Å². The minimum Gasteiger partial charge on any atom is -0.337 e. The molecule has 0 aromatic rings. The highest BCUT2D eigenvalue weighted by molar-refractivity contribution is 6.20. The zero-order valence-electron chi connectivity index (χ0n) is 17.4. The molecule has 3 atom stereocenters. The Bertz CT molecular complexity index is 710. The Balaban J connectivity index is 1.55. The maximum Gasteiger partial charge on any atom is 0.253 e. The predicted molar refractivity (Wildman–Crippen MR) is 107 cm³/mol. The summed E-state index contributed by atoms with van der Waals surface area (Å²) in [6, 6.07) is -0.649. The van der Waals surface area contributed by atoms with Gasteiger partial charge in [0.1, 0.15) is 18.9 Å². The molecule has 0 aromatic heterocycles. The lowest BCUT2D eigenvalue weighted by Crippen LogP contribution is -2.82. The average Bonchev–Trinajstić information content (AvgIpc) is 2.65. The van der Waals surface area contributed by atoms with E-state index in [9.17, 15) is 23.2 Å². The lowest BCUT2D eigenvalue weighted by Gasteiger charge is -2.59. The minimum atomic E-state index is -1.26. The zero-order valence-corrected chi connectivity index (χ0v) is 18.1. The van der Waals surface area contributed by atoms with Gasteiger partial charge >= 0.3 is 0 Å². The molecule has 6 nitrogen and oxygen atoms in total. The summed E-state index contributed by atoms with van der Waals surface area (Å²) in [6.45, 7) is 1.97. The highest BCUT2D eigenvalue weighted by Crippen LogP contribution is 2.39. The molecule has 9 heteroatoms. The summed E-state index contributed by atoms with van der Waals surface area (Å²) < 4.78 is 28.3. The number of carbonyl (C=O) groups excluding carboxylic acids is 3. The van der Waals surface area contributed by atoms with Crippen LogP contribution < -0.4 is 0 Å². The molecule has 2 aliphatic carbocycles. The molecule has 0 aromatic carbocycles. The molecule has 0 N–H and O–H groups in total. The van der Waals surface area contributed by atoms with Gasteiger partial charge < -0.3 is 14.7 Å². The van der Waals surface area contributed by atoms with Gasteiger partial charge in [0.05, 0.1) is 19.1 Å². The van der Waals surface area contributed by atoms with Gasteiger partial charge in [-0.3, -0.25) is 14.4 Å². The summed E-state index contributed by atoms with van der Waals surface area (Å²) in [5.74, 6) is -0.481. The fourth-order valence-electron chi connectivity index (χ4n) is 5.55. The Morgan fingerprint density at radius 1 is 1.10 bits per heavy atom. The fourth-order valence-corrected chi connectivity index (χ4v) is 5.84. The van der Waals surface area contributed by atoms with E-state index in [1.165, 1.54) is 11.8 Å². The molecule has 3 unspecified atom stereocenters. The average molecular weight is 446 g/mol. The van der Waals surface area contributed by atoms with E-state index in [1.807, 2.05) is 0 Å². The van der Waals surface area contributed by atoms with Gasteiger partial charge in [-0.05, 0) is 50.9 Å². The highest BCUT2D eigenvalue weighted by atomic mass is 35.5. The van der Waals surface area contributed by atoms with Crippen LogP contribution in [0, 0.1) is 5.92 Å². The zero-order chi connectivity index (χ0) is 21.6. The van der Waals surface area contributed by atoms with E-state index in [4.69, 9.17) is 11.6 Å². The summed E-state index contributed by atoms with van der Waals surface area (Å²) in [7, 11) is 0. The number of carbonyl (C=O) groups is 3. The van der Waals surface area contributed by atoms with Gasteiger partial charge in [-0.15, -0.1) is 11.6 Å². The van der Waals surface area contributed by atoms with E-state index in [2.05, 4.69) is 0 Å². The molecular weight excluding hydrogens is 416 g/mol. The quantitative estimate of drug-likeness (QED) is 0.626. The third-order valence-corrected chi connectivity index (χ3v) is 7.82. The molecule has 4 fully saturated rings. The van der Waals surface area contributed by atoms with Crippen LogP contribution in [-0.2, 0) is 14.4 Å². The second kappa shape index (κ2) is 8.24. The van der Waals surface area contributed by atoms with Crippen molar-refractivity contribution in [3.8, 4) is 0 Å². The van der Waals surface area contributed by atoms with Crippen LogP contribution in [0.4, 0.5) is 8.78 Å². The van der Waals surface area contributed by atoms with Crippen LogP contribution in [0.5, 0.6) is 0 Å². The Kier molecular flexibility index (Phi) is 5.99. The number of hydrogen-bond donors (Lipinski definition) is 0. The summed E-state index contributed by atoms with van der Waals surface area (Å²) in [5.41, 5.74) is -1.12. The monoisotopic (exact) mass is 445 g/mol. The third-order valence-electron chi connectivity index (χ3n) is 7.42. The first-order valence-corrected chi connectivity index (χ1v) is 11.4. The van der Waals surface area contributed by atoms with Gasteiger partial charge in [0.25, 0.3) is 5.91 Å². The topological polar surface area (TPSA) is 60.9 Å². The largest absolute Gasteiger partial charge is 0.337 e. The van der Waals surface area contributed by atoms with Crippen LogP contribution in [0.25, 0.3) is 0 Å². The molecule has 2 aliphatic heterocycles. The van der Waals surface area contributed by atoms with Crippen molar-refractivity contribution in [2.24, 2.45) is 5.92 Å². The SMILES string of the molecule is CC(=O)N1CC2(C1)C(=O)N(C1CCC(Cl)CC1F)CC(=O)N2CC1CCC(F)CC1. The summed E-state index contributed by atoms with van der Waals surface area (Å²) in [5, 5.41) is -0.250. The van der Waals surface area contributed by atoms with Crippen LogP contribution in [0.2, 0.25) is 0 Å². The lowest BCUT2D eigenvalue weighted by atomic mass is 9.79. The summed E-state index contributed by atoms with van der Waals surface area (Å²) in [4.78, 5) is 43.2. The van der Waals surface area contributed by atoms with Crippen molar-refractivity contribution in [3.63, 3.8) is 0 Å². The predicted octanol–water partition coefficient (Wildman–Crippen LogP) is 2.28. The first kappa shape index (κ1) is 21.8. The number of halogens is 3. The number of amides is 3. The van der Waals surface area contributed by atoms with Crippen LogP contribution in [0.3, 0.4) is 0 Å². The normalized spacial score (nSPS) is 36.8. The van der Waals surface area contributed by atoms with Crippen molar-refractivity contribution >= 4 is 29.3 Å². The Labute approximate surface area is 180 Å². The molecule has 2 heterocycles. The van der Waals surface area contributed by atoms with E-state index in [1.54, 1.807) is 9.80 Å². The number of alkyl halides is 3. The Morgan fingerprint density at radius 3 is 2.37 bits per heavy atom. The van der Waals surface area contributed by atoms with Gasteiger partial charge in [-0.1, -0.05) is 0 Å². The molecule has 1 spiro atoms. The summed E-state index contributed by atoms with van der Waals surface area (Å²) in [6.07, 6.45) is 1.48. The molecule has 0 radical (unpaired) electrons.